The number of aliphatic imine (C=N–C) groups is 1. The third-order valence-corrected chi connectivity index (χ3v) is 5.05. The predicted octanol–water partition coefficient (Wildman–Crippen LogP) is 1.89. The second-order valence-corrected chi connectivity index (χ2v) is 7.14. The largest absolute Gasteiger partial charge is 0.370 e. The highest BCUT2D eigenvalue weighted by molar-refractivity contribution is 6.36. The van der Waals surface area contributed by atoms with Crippen LogP contribution in [0.25, 0.3) is 0 Å². The summed E-state index contributed by atoms with van der Waals surface area (Å²) in [6, 6.07) is 11.3. The van der Waals surface area contributed by atoms with Gasteiger partial charge < -0.3 is 16.8 Å². The molecular formula is C20H20ClFN4O2. The highest BCUT2D eigenvalue weighted by Crippen LogP contribution is 2.36. The van der Waals surface area contributed by atoms with Crippen LogP contribution in [0.4, 0.5) is 4.39 Å². The van der Waals surface area contributed by atoms with Gasteiger partial charge in [-0.3, -0.25) is 14.6 Å². The number of nitrogens with zero attached hydrogens (tertiary/aromatic N) is 1. The number of rotatable bonds is 6. The van der Waals surface area contributed by atoms with E-state index in [0.717, 1.165) is 17.2 Å². The highest BCUT2D eigenvalue weighted by Gasteiger charge is 2.34. The number of guanidine groups is 1. The van der Waals surface area contributed by atoms with E-state index in [4.69, 9.17) is 23.1 Å². The van der Waals surface area contributed by atoms with Crippen LogP contribution < -0.4 is 16.8 Å². The van der Waals surface area contributed by atoms with E-state index in [1.54, 1.807) is 0 Å². The molecule has 0 fully saturated rings. The summed E-state index contributed by atoms with van der Waals surface area (Å²) in [6.45, 7) is 0.332. The molecule has 1 aliphatic carbocycles. The number of benzene rings is 2. The van der Waals surface area contributed by atoms with Gasteiger partial charge in [0.25, 0.3) is 5.91 Å². The highest BCUT2D eigenvalue weighted by atomic mass is 35.5. The van der Waals surface area contributed by atoms with Gasteiger partial charge in [0.2, 0.25) is 5.78 Å². The number of carbonyl (C=O) groups is 2. The van der Waals surface area contributed by atoms with Gasteiger partial charge in [0.05, 0.1) is 11.1 Å². The van der Waals surface area contributed by atoms with E-state index >= 15 is 0 Å². The minimum atomic E-state index is -0.730. The van der Waals surface area contributed by atoms with Crippen LogP contribution in [0.5, 0.6) is 0 Å². The lowest BCUT2D eigenvalue weighted by Gasteiger charge is -2.20. The first-order valence-electron chi connectivity index (χ1n) is 8.76. The summed E-state index contributed by atoms with van der Waals surface area (Å²) in [6.07, 6.45) is 0.474. The molecule has 0 spiro atoms. The molecule has 1 amide bonds. The average molecular weight is 403 g/mol. The quantitative estimate of drug-likeness (QED) is 0.389. The van der Waals surface area contributed by atoms with E-state index < -0.39 is 17.5 Å². The van der Waals surface area contributed by atoms with Crippen molar-refractivity contribution in [2.24, 2.45) is 22.4 Å². The Morgan fingerprint density at radius 3 is 2.68 bits per heavy atom. The van der Waals surface area contributed by atoms with Gasteiger partial charge in [-0.1, -0.05) is 41.9 Å². The number of fused-ring (bicyclic) bond motifs is 1. The number of nitrogens with two attached hydrogens (primary N) is 2. The van der Waals surface area contributed by atoms with E-state index in [0.29, 0.717) is 18.5 Å². The van der Waals surface area contributed by atoms with Crippen LogP contribution in [0.2, 0.25) is 5.02 Å². The van der Waals surface area contributed by atoms with Crippen LogP contribution >= 0.6 is 11.6 Å². The normalized spacial score (nSPS) is 17.6. The zero-order valence-corrected chi connectivity index (χ0v) is 15.7. The third-order valence-electron chi connectivity index (χ3n) is 4.74. The van der Waals surface area contributed by atoms with Crippen molar-refractivity contribution in [1.82, 2.24) is 5.32 Å². The molecule has 1 aliphatic rings. The topological polar surface area (TPSA) is 111 Å². The van der Waals surface area contributed by atoms with Gasteiger partial charge in [0.1, 0.15) is 5.82 Å². The third kappa shape index (κ3) is 4.48. The Balaban J connectivity index is 1.73. The molecule has 0 aliphatic heterocycles. The van der Waals surface area contributed by atoms with Crippen LogP contribution in [0.3, 0.4) is 0 Å². The molecule has 0 saturated carbocycles. The van der Waals surface area contributed by atoms with Crippen LogP contribution in [0.15, 0.2) is 47.5 Å². The molecule has 5 N–H and O–H groups in total. The van der Waals surface area contributed by atoms with Gasteiger partial charge in [-0.05, 0) is 35.2 Å². The summed E-state index contributed by atoms with van der Waals surface area (Å²) in [4.78, 5) is 28.9. The van der Waals surface area contributed by atoms with Gasteiger partial charge in [0, 0.05) is 18.9 Å². The molecule has 0 saturated heterocycles. The molecule has 0 unspecified atom stereocenters. The number of nitrogens with one attached hydrogen (secondary N) is 1. The molecule has 6 nitrogen and oxygen atoms in total. The van der Waals surface area contributed by atoms with Crippen LogP contribution in [-0.2, 0) is 22.4 Å². The van der Waals surface area contributed by atoms with Crippen LogP contribution in [0, 0.1) is 11.7 Å². The van der Waals surface area contributed by atoms with Crippen molar-refractivity contribution < 1.29 is 14.0 Å². The van der Waals surface area contributed by atoms with E-state index in [1.807, 2.05) is 24.3 Å². The smallest absolute Gasteiger partial charge is 0.288 e. The van der Waals surface area contributed by atoms with Gasteiger partial charge in [-0.15, -0.1) is 0 Å². The van der Waals surface area contributed by atoms with Crippen molar-refractivity contribution in [3.63, 3.8) is 0 Å². The number of ketones is 1. The molecule has 2 aromatic carbocycles. The molecule has 146 valence electrons. The minimum Gasteiger partial charge on any atom is -0.370 e. The summed E-state index contributed by atoms with van der Waals surface area (Å²) in [5.74, 6) is -2.11. The zero-order chi connectivity index (χ0) is 20.3. The fourth-order valence-corrected chi connectivity index (χ4v) is 3.52. The first-order chi connectivity index (χ1) is 13.3. The SMILES string of the molecule is NC(N)=NC[C@H]1Cc2ccccc2[C@@H]1NC(=O)C(=O)Cc1ccc(Cl)c(F)c1. The summed E-state index contributed by atoms with van der Waals surface area (Å²) in [7, 11) is 0. The lowest BCUT2D eigenvalue weighted by atomic mass is 10.00. The Kier molecular flexibility index (Phi) is 5.94. The number of hydrogen-bond acceptors (Lipinski definition) is 3. The minimum absolute atomic E-state index is 0.0260. The first kappa shape index (κ1) is 19.8. The van der Waals surface area contributed by atoms with Crippen molar-refractivity contribution in [3.05, 3.63) is 70.0 Å². The van der Waals surface area contributed by atoms with Crippen molar-refractivity contribution in [2.75, 3.05) is 6.54 Å². The molecule has 0 aromatic heterocycles. The van der Waals surface area contributed by atoms with E-state index in [2.05, 4.69) is 10.3 Å². The Labute approximate surface area is 166 Å². The summed E-state index contributed by atoms with van der Waals surface area (Å²) >= 11 is 5.64. The molecule has 0 radical (unpaired) electrons. The number of carbonyl (C=O) groups excluding carboxylic acids is 2. The van der Waals surface area contributed by atoms with E-state index in [9.17, 15) is 14.0 Å². The van der Waals surface area contributed by atoms with E-state index in [1.165, 1.54) is 12.1 Å². The van der Waals surface area contributed by atoms with Gasteiger partial charge in [-0.25, -0.2) is 4.39 Å². The summed E-state index contributed by atoms with van der Waals surface area (Å²) in [5, 5.41) is 2.76. The molecule has 8 heteroatoms. The van der Waals surface area contributed by atoms with Crippen molar-refractivity contribution in [1.29, 1.82) is 0 Å². The molecule has 2 aromatic rings. The Bertz CT molecular complexity index is 944. The van der Waals surface area contributed by atoms with Crippen LogP contribution in [-0.4, -0.2) is 24.2 Å². The maximum atomic E-state index is 13.5. The second-order valence-electron chi connectivity index (χ2n) is 6.73. The zero-order valence-electron chi connectivity index (χ0n) is 15.0. The number of halogens is 2. The fraction of sp³-hybridized carbons (Fsp3) is 0.250. The van der Waals surface area contributed by atoms with E-state index in [-0.39, 0.29) is 29.4 Å². The van der Waals surface area contributed by atoms with Crippen LogP contribution in [0.1, 0.15) is 22.7 Å². The molecule has 0 heterocycles. The van der Waals surface area contributed by atoms with Crippen molar-refractivity contribution in [2.45, 2.75) is 18.9 Å². The molecule has 28 heavy (non-hydrogen) atoms. The molecular weight excluding hydrogens is 383 g/mol. The molecule has 3 rings (SSSR count). The average Bonchev–Trinajstić information content (AvgIpc) is 3.00. The lowest BCUT2D eigenvalue weighted by molar-refractivity contribution is -0.138. The first-order valence-corrected chi connectivity index (χ1v) is 9.13. The lowest BCUT2D eigenvalue weighted by Crippen LogP contribution is -2.38. The van der Waals surface area contributed by atoms with Gasteiger partial charge >= 0.3 is 0 Å². The number of amides is 1. The number of Topliss-reactive ketones (excluding diaryl/α,β-unsaturated/α-hetero) is 1. The monoisotopic (exact) mass is 402 g/mol. The summed E-state index contributed by atoms with van der Waals surface area (Å²) < 4.78 is 13.5. The van der Waals surface area contributed by atoms with Gasteiger partial charge in [-0.2, -0.15) is 0 Å². The Morgan fingerprint density at radius 2 is 1.96 bits per heavy atom. The predicted molar refractivity (Wildman–Crippen MR) is 105 cm³/mol. The van der Waals surface area contributed by atoms with Crippen molar-refractivity contribution >= 4 is 29.3 Å². The Morgan fingerprint density at radius 1 is 1.21 bits per heavy atom. The summed E-state index contributed by atoms with van der Waals surface area (Å²) in [5.41, 5.74) is 13.3. The maximum Gasteiger partial charge on any atom is 0.288 e. The number of hydrogen-bond donors (Lipinski definition) is 3. The molecule has 2 atom stereocenters. The standard InChI is InChI=1S/C20H20ClFN4O2/c21-15-6-5-11(7-16(15)22)8-17(27)19(28)26-18-13(10-25-20(23)24)9-12-3-1-2-4-14(12)18/h1-7,13,18H,8-10H2,(H,26,28)(H4,23,24,25)/t13-,18-/m1/s1. The molecule has 0 bridgehead atoms. The fourth-order valence-electron chi connectivity index (χ4n) is 3.40. The van der Waals surface area contributed by atoms with Gasteiger partial charge in [0.15, 0.2) is 5.96 Å². The second kappa shape index (κ2) is 8.39. The maximum absolute atomic E-state index is 13.5. The van der Waals surface area contributed by atoms with Crippen molar-refractivity contribution in [3.8, 4) is 0 Å². The Hall–Kier alpha value is -2.93.